The molecule has 0 aliphatic carbocycles. The summed E-state index contributed by atoms with van der Waals surface area (Å²) in [5, 5.41) is 6.89. The Morgan fingerprint density at radius 3 is 2.63 bits per heavy atom. The highest BCUT2D eigenvalue weighted by molar-refractivity contribution is 14.0. The fourth-order valence-electron chi connectivity index (χ4n) is 3.75. The van der Waals surface area contributed by atoms with Crippen molar-refractivity contribution in [3.63, 3.8) is 0 Å². The Morgan fingerprint density at radius 2 is 1.90 bits per heavy atom. The molecule has 5 nitrogen and oxygen atoms in total. The first-order chi connectivity index (χ1) is 14.2. The van der Waals surface area contributed by atoms with Crippen molar-refractivity contribution >= 4 is 29.9 Å². The van der Waals surface area contributed by atoms with E-state index in [0.29, 0.717) is 19.1 Å². The van der Waals surface area contributed by atoms with Gasteiger partial charge in [-0.05, 0) is 38.3 Å². The predicted octanol–water partition coefficient (Wildman–Crippen LogP) is 4.84. The van der Waals surface area contributed by atoms with Crippen LogP contribution in [-0.4, -0.2) is 32.8 Å². The summed E-state index contributed by atoms with van der Waals surface area (Å²) in [6.45, 7) is 7.09. The molecule has 2 atom stereocenters. The van der Waals surface area contributed by atoms with Gasteiger partial charge < -0.3 is 20.1 Å². The van der Waals surface area contributed by atoms with Crippen molar-refractivity contribution in [1.82, 2.24) is 10.6 Å². The van der Waals surface area contributed by atoms with Gasteiger partial charge in [0.2, 0.25) is 0 Å². The predicted molar refractivity (Wildman–Crippen MR) is 134 cm³/mol. The highest BCUT2D eigenvalue weighted by Gasteiger charge is 2.27. The number of aliphatic imine (C=N–C) groups is 1. The molecule has 2 unspecified atom stereocenters. The van der Waals surface area contributed by atoms with Crippen molar-refractivity contribution < 1.29 is 9.47 Å². The van der Waals surface area contributed by atoms with E-state index in [4.69, 9.17) is 9.47 Å². The lowest BCUT2D eigenvalue weighted by molar-refractivity contribution is -0.0265. The highest BCUT2D eigenvalue weighted by atomic mass is 127. The molecule has 30 heavy (non-hydrogen) atoms. The first-order valence-corrected chi connectivity index (χ1v) is 10.5. The smallest absolute Gasteiger partial charge is 0.191 e. The van der Waals surface area contributed by atoms with E-state index in [1.54, 1.807) is 7.05 Å². The van der Waals surface area contributed by atoms with Gasteiger partial charge in [0.05, 0.1) is 12.7 Å². The third-order valence-corrected chi connectivity index (χ3v) is 5.32. The monoisotopic (exact) mass is 523 g/mol. The molecule has 0 saturated carbocycles. The minimum Gasteiger partial charge on any atom is -0.494 e. The van der Waals surface area contributed by atoms with Crippen LogP contribution < -0.4 is 15.4 Å². The molecule has 1 aliphatic rings. The van der Waals surface area contributed by atoms with Gasteiger partial charge in [-0.15, -0.1) is 24.0 Å². The van der Waals surface area contributed by atoms with Crippen LogP contribution in [0, 0.1) is 12.8 Å². The third kappa shape index (κ3) is 6.87. The van der Waals surface area contributed by atoms with Crippen molar-refractivity contribution in [2.75, 3.05) is 26.8 Å². The van der Waals surface area contributed by atoms with Gasteiger partial charge in [-0.1, -0.05) is 48.0 Å². The first-order valence-electron chi connectivity index (χ1n) is 10.5. The molecule has 2 aromatic carbocycles. The standard InChI is InChI=1S/C24H33N3O2.HI/c1-4-28-22-10-6-5-8-20(22)16-26-24(25-3)27-17-21-9-7-15-29-23(21)19-13-11-18(2)12-14-19;/h5-6,8,10-14,21,23H,4,7,9,15-17H2,1-3H3,(H2,25,26,27);1H. The van der Waals surface area contributed by atoms with Crippen LogP contribution in [0.4, 0.5) is 0 Å². The molecule has 0 amide bonds. The van der Waals surface area contributed by atoms with E-state index in [0.717, 1.165) is 43.3 Å². The number of benzene rings is 2. The lowest BCUT2D eigenvalue weighted by atomic mass is 9.89. The van der Waals surface area contributed by atoms with Crippen LogP contribution in [0.5, 0.6) is 5.75 Å². The van der Waals surface area contributed by atoms with Gasteiger partial charge in [0.1, 0.15) is 5.75 Å². The molecule has 6 heteroatoms. The van der Waals surface area contributed by atoms with Crippen LogP contribution in [0.3, 0.4) is 0 Å². The van der Waals surface area contributed by atoms with Crippen LogP contribution >= 0.6 is 24.0 Å². The Hall–Kier alpha value is -1.80. The van der Waals surface area contributed by atoms with E-state index >= 15 is 0 Å². The van der Waals surface area contributed by atoms with Crippen LogP contribution in [0.15, 0.2) is 53.5 Å². The van der Waals surface area contributed by atoms with Crippen molar-refractivity contribution in [3.8, 4) is 5.75 Å². The molecule has 1 saturated heterocycles. The highest BCUT2D eigenvalue weighted by Crippen LogP contribution is 2.33. The van der Waals surface area contributed by atoms with Crippen molar-refractivity contribution in [1.29, 1.82) is 0 Å². The Balaban J connectivity index is 0.00000320. The van der Waals surface area contributed by atoms with Gasteiger partial charge >= 0.3 is 0 Å². The van der Waals surface area contributed by atoms with Crippen molar-refractivity contribution in [3.05, 3.63) is 65.2 Å². The normalized spacial score (nSPS) is 19.0. The van der Waals surface area contributed by atoms with E-state index < -0.39 is 0 Å². The van der Waals surface area contributed by atoms with E-state index in [-0.39, 0.29) is 30.1 Å². The number of nitrogens with zero attached hydrogens (tertiary/aromatic N) is 1. The Labute approximate surface area is 197 Å². The average molecular weight is 523 g/mol. The lowest BCUT2D eigenvalue weighted by Gasteiger charge is -2.32. The zero-order valence-corrected chi connectivity index (χ0v) is 20.5. The SMILES string of the molecule is CCOc1ccccc1CNC(=NC)NCC1CCCOC1c1ccc(C)cc1.I. The summed E-state index contributed by atoms with van der Waals surface area (Å²) >= 11 is 0. The zero-order chi connectivity index (χ0) is 20.5. The van der Waals surface area contributed by atoms with Crippen molar-refractivity contribution in [2.45, 2.75) is 39.3 Å². The summed E-state index contributed by atoms with van der Waals surface area (Å²) in [4.78, 5) is 4.39. The first kappa shape index (κ1) is 24.5. The van der Waals surface area contributed by atoms with Gasteiger partial charge in [0, 0.05) is 38.2 Å². The summed E-state index contributed by atoms with van der Waals surface area (Å²) < 4.78 is 11.9. The quantitative estimate of drug-likeness (QED) is 0.310. The van der Waals surface area contributed by atoms with Gasteiger partial charge in [-0.3, -0.25) is 4.99 Å². The molecular formula is C24H34IN3O2. The van der Waals surface area contributed by atoms with Gasteiger partial charge in [0.25, 0.3) is 0 Å². The topological polar surface area (TPSA) is 54.9 Å². The maximum Gasteiger partial charge on any atom is 0.191 e. The second-order valence-corrected chi connectivity index (χ2v) is 7.45. The summed E-state index contributed by atoms with van der Waals surface area (Å²) in [5.41, 5.74) is 3.66. The molecule has 1 fully saturated rings. The Morgan fingerprint density at radius 1 is 1.13 bits per heavy atom. The fourth-order valence-corrected chi connectivity index (χ4v) is 3.75. The number of hydrogen-bond acceptors (Lipinski definition) is 3. The van der Waals surface area contributed by atoms with E-state index in [1.165, 1.54) is 11.1 Å². The molecule has 3 rings (SSSR count). The average Bonchev–Trinajstić information content (AvgIpc) is 2.76. The molecule has 0 aromatic heterocycles. The molecule has 164 valence electrons. The molecule has 1 heterocycles. The maximum absolute atomic E-state index is 6.14. The molecule has 2 aromatic rings. The summed E-state index contributed by atoms with van der Waals surface area (Å²) in [6, 6.07) is 16.8. The summed E-state index contributed by atoms with van der Waals surface area (Å²) in [7, 11) is 1.80. The van der Waals surface area contributed by atoms with Gasteiger partial charge in [-0.2, -0.15) is 0 Å². The molecule has 0 spiro atoms. The Kier molecular flexibility index (Phi) is 10.4. The van der Waals surface area contributed by atoms with E-state index in [1.807, 2.05) is 25.1 Å². The number of halogens is 1. The minimum absolute atomic E-state index is 0. The number of nitrogens with one attached hydrogen (secondary N) is 2. The van der Waals surface area contributed by atoms with Crippen LogP contribution in [0.2, 0.25) is 0 Å². The number of ether oxygens (including phenoxy) is 2. The number of rotatable bonds is 7. The summed E-state index contributed by atoms with van der Waals surface area (Å²) in [6.07, 6.45) is 2.38. The molecule has 1 aliphatic heterocycles. The zero-order valence-electron chi connectivity index (χ0n) is 18.2. The molecule has 2 N–H and O–H groups in total. The lowest BCUT2D eigenvalue weighted by Crippen LogP contribution is -2.41. The number of para-hydroxylation sites is 1. The van der Waals surface area contributed by atoms with Crippen molar-refractivity contribution in [2.24, 2.45) is 10.9 Å². The van der Waals surface area contributed by atoms with Crippen LogP contribution in [-0.2, 0) is 11.3 Å². The maximum atomic E-state index is 6.14. The van der Waals surface area contributed by atoms with Gasteiger partial charge in [0.15, 0.2) is 5.96 Å². The minimum atomic E-state index is 0. The molecular weight excluding hydrogens is 489 g/mol. The fraction of sp³-hybridized carbons (Fsp3) is 0.458. The van der Waals surface area contributed by atoms with E-state index in [2.05, 4.69) is 52.9 Å². The summed E-state index contributed by atoms with van der Waals surface area (Å²) in [5.74, 6) is 2.13. The van der Waals surface area contributed by atoms with E-state index in [9.17, 15) is 0 Å². The van der Waals surface area contributed by atoms with Crippen LogP contribution in [0.25, 0.3) is 0 Å². The number of hydrogen-bond donors (Lipinski definition) is 2. The second kappa shape index (κ2) is 12.8. The number of aryl methyl sites for hydroxylation is 1. The van der Waals surface area contributed by atoms with Gasteiger partial charge in [-0.25, -0.2) is 0 Å². The molecule has 0 bridgehead atoms. The second-order valence-electron chi connectivity index (χ2n) is 7.45. The molecule has 0 radical (unpaired) electrons. The largest absolute Gasteiger partial charge is 0.494 e. The van der Waals surface area contributed by atoms with Crippen LogP contribution in [0.1, 0.15) is 42.6 Å². The Bertz CT molecular complexity index is 795. The number of guanidine groups is 1. The third-order valence-electron chi connectivity index (χ3n) is 5.32.